The molecule has 644 valence electrons. The molecule has 4 aromatic rings. The number of nitrogens with two attached hydrogens (primary N) is 2. The summed E-state index contributed by atoms with van der Waals surface area (Å²) in [6, 6.07) is -6.04. The molecular weight excluding hydrogens is 1570 g/mol. The van der Waals surface area contributed by atoms with Gasteiger partial charge in [-0.2, -0.15) is 0 Å². The number of imidazole rings is 1. The number of amides is 14. The van der Waals surface area contributed by atoms with Gasteiger partial charge in [0, 0.05) is 93.0 Å². The summed E-state index contributed by atoms with van der Waals surface area (Å²) in [4.78, 5) is 225. The molecule has 0 aliphatic carbocycles. The molecule has 17 atom stereocenters. The maximum absolute atomic E-state index is 15.7. The molecule has 0 radical (unpaired) electrons. The van der Waals surface area contributed by atoms with E-state index in [9.17, 15) is 39.0 Å². The van der Waals surface area contributed by atoms with E-state index in [2.05, 4.69) is 84.1 Å². The van der Waals surface area contributed by atoms with Crippen LogP contribution in [0.4, 0.5) is 0 Å². The minimum atomic E-state index is -1.95. The smallest absolute Gasteiger partial charge is 0.246 e. The second kappa shape index (κ2) is 44.5. The molecule has 4 aliphatic heterocycles. The third-order valence-electron chi connectivity index (χ3n) is 21.6. The molecule has 41 heteroatoms. The minimum absolute atomic E-state index is 0.000246. The van der Waals surface area contributed by atoms with Gasteiger partial charge in [-0.15, -0.1) is 0 Å². The number of hydrogen-bond donors (Lipinski definition) is 21. The fourth-order valence-corrected chi connectivity index (χ4v) is 16.7. The maximum Gasteiger partial charge on any atom is 0.246 e. The zero-order chi connectivity index (χ0) is 86.0. The molecule has 2 aromatic heterocycles. The van der Waals surface area contributed by atoms with E-state index >= 15 is 38.4 Å². The number of benzene rings is 2. The van der Waals surface area contributed by atoms with Crippen LogP contribution < -0.4 is 80.6 Å². The van der Waals surface area contributed by atoms with Crippen LogP contribution >= 0.6 is 21.6 Å². The van der Waals surface area contributed by atoms with Gasteiger partial charge in [0.25, 0.3) is 0 Å². The Morgan fingerprint density at radius 1 is 0.542 bits per heavy atom. The van der Waals surface area contributed by atoms with Gasteiger partial charge >= 0.3 is 0 Å². The topological polar surface area (TPSA) is 590 Å². The average Bonchev–Trinajstić information content (AvgIpc) is 1.73. The van der Waals surface area contributed by atoms with E-state index < -0.39 is 215 Å². The molecule has 23 N–H and O–H groups in total. The highest BCUT2D eigenvalue weighted by atomic mass is 33.1. The van der Waals surface area contributed by atoms with E-state index in [0.29, 0.717) is 47.0 Å². The lowest BCUT2D eigenvalue weighted by molar-refractivity contribution is -0.149. The largest absolute Gasteiger partial charge is 0.394 e. The molecule has 118 heavy (non-hydrogen) atoms. The van der Waals surface area contributed by atoms with Gasteiger partial charge in [0.1, 0.15) is 84.6 Å². The second-order valence-electron chi connectivity index (χ2n) is 30.2. The van der Waals surface area contributed by atoms with Crippen molar-refractivity contribution in [2.24, 2.45) is 23.3 Å². The highest BCUT2D eigenvalue weighted by molar-refractivity contribution is 8.76. The molecule has 4 fully saturated rings. The maximum atomic E-state index is 15.7. The van der Waals surface area contributed by atoms with Crippen molar-refractivity contribution in [3.05, 3.63) is 90.1 Å². The number of aliphatic hydroxyl groups excluding tert-OH is 2. The number of carbonyl (C=O) groups is 14. The Morgan fingerprint density at radius 3 is 1.66 bits per heavy atom. The van der Waals surface area contributed by atoms with Gasteiger partial charge in [0.15, 0.2) is 11.9 Å². The van der Waals surface area contributed by atoms with Crippen LogP contribution in [0.2, 0.25) is 0 Å². The number of para-hydroxylation sites is 1. The van der Waals surface area contributed by atoms with Crippen molar-refractivity contribution in [3.8, 4) is 0 Å². The van der Waals surface area contributed by atoms with E-state index in [4.69, 9.17) is 22.3 Å². The van der Waals surface area contributed by atoms with Gasteiger partial charge in [-0.1, -0.05) is 111 Å². The number of nitrogens with one attached hydrogen (secondary N) is 17. The second-order valence-corrected chi connectivity index (χ2v) is 32.8. The van der Waals surface area contributed by atoms with Crippen LogP contribution in [0.1, 0.15) is 123 Å². The van der Waals surface area contributed by atoms with Crippen LogP contribution in [0.3, 0.4) is 0 Å². The summed E-state index contributed by atoms with van der Waals surface area (Å²) in [5.41, 5.74) is 13.4. The Morgan fingerprint density at radius 2 is 1.05 bits per heavy atom. The summed E-state index contributed by atoms with van der Waals surface area (Å²) in [6.07, 6.45) is 3.01. The van der Waals surface area contributed by atoms with Crippen molar-refractivity contribution < 1.29 is 77.3 Å². The highest BCUT2D eigenvalue weighted by Gasteiger charge is 2.47. The number of H-pyrrole nitrogens is 2. The number of likely N-dealkylation sites (N-methyl/N-ethyl adjacent to an activating group) is 1. The fourth-order valence-electron chi connectivity index (χ4n) is 14.4. The van der Waals surface area contributed by atoms with Crippen molar-refractivity contribution in [1.29, 1.82) is 10.8 Å². The Bertz CT molecular complexity index is 4220. The molecule has 4 aliphatic rings. The number of rotatable bonds is 20. The first kappa shape index (κ1) is 92.4. The zero-order valence-corrected chi connectivity index (χ0v) is 68.9. The van der Waals surface area contributed by atoms with E-state index in [1.54, 1.807) is 88.5 Å². The first-order chi connectivity index (χ1) is 56.3. The van der Waals surface area contributed by atoms with Gasteiger partial charge in [0.2, 0.25) is 82.7 Å². The van der Waals surface area contributed by atoms with Gasteiger partial charge in [-0.3, -0.25) is 77.9 Å². The minimum Gasteiger partial charge on any atom is -0.394 e. The van der Waals surface area contributed by atoms with Crippen molar-refractivity contribution in [2.75, 3.05) is 51.3 Å². The number of aliphatic hydroxyl groups is 2. The summed E-state index contributed by atoms with van der Waals surface area (Å²) < 4.78 is 0. The van der Waals surface area contributed by atoms with E-state index in [1.807, 2.05) is 0 Å². The van der Waals surface area contributed by atoms with Crippen LogP contribution in [0.5, 0.6) is 0 Å². The van der Waals surface area contributed by atoms with Crippen LogP contribution in [0.25, 0.3) is 10.9 Å². The molecule has 2 bridgehead atoms. The summed E-state index contributed by atoms with van der Waals surface area (Å²) in [6.45, 7) is 8.31. The summed E-state index contributed by atoms with van der Waals surface area (Å²) >= 11 is 0. The first-order valence-corrected chi connectivity index (χ1v) is 42.3. The monoisotopic (exact) mass is 1680 g/mol. The number of aromatic amines is 2. The van der Waals surface area contributed by atoms with Gasteiger partial charge in [0.05, 0.1) is 19.0 Å². The predicted molar refractivity (Wildman–Crippen MR) is 438 cm³/mol. The van der Waals surface area contributed by atoms with Crippen molar-refractivity contribution in [1.82, 2.24) is 98.8 Å². The van der Waals surface area contributed by atoms with Crippen LogP contribution in [0, 0.1) is 22.7 Å². The Hall–Kier alpha value is -11.1. The normalized spacial score (nSPS) is 26.9. The zero-order valence-electron chi connectivity index (χ0n) is 67.3. The van der Waals surface area contributed by atoms with Crippen LogP contribution in [0.15, 0.2) is 73.3 Å². The van der Waals surface area contributed by atoms with Crippen LogP contribution in [-0.2, 0) is 86.4 Å². The molecule has 0 saturated carbocycles. The van der Waals surface area contributed by atoms with Crippen LogP contribution in [-0.4, -0.2) is 277 Å². The summed E-state index contributed by atoms with van der Waals surface area (Å²) in [7, 11) is 3.00. The number of nitrogens with zero attached hydrogens (tertiary/aromatic N) is 4. The third kappa shape index (κ3) is 25.5. The predicted octanol–water partition coefficient (Wildman–Crippen LogP) is -3.52. The Labute approximate surface area is 691 Å². The number of fused-ring (bicyclic) bond motifs is 8. The number of hydrogen-bond acceptors (Lipinski definition) is 21. The number of guanidine groups is 2. The molecular formula is C77H113N23O16S2. The standard InChI is InChI=1S/C77H113N23O16S2/c1-8-40(3)59-71(112)94-54-37-117-118-38-55(68(109)97-61(43(6)102)72(113)87-42(5)62(103)92-53(36-101)66(107)96-60(41(4)9-2)75(116)100-30-18-26-57(100)74(115)99-29-17-25-56(99)69(110)95-59)93-63(104)49(23-15-27-83-76(78)79)88-70(111)58(32-45-34-85-48-22-14-13-21-47(45)48)98(7)73(114)50(24-16-28-84-77(80)81)89-64(105)51(31-44-19-11-10-12-20-44)90-65(106)52(91-67(54)108)33-46-35-82-39-86-46/h10-14,19-22,34-35,39-43,49-61,85,101-102H,8-9,15-18,23-33,36-38H2,1-7H3,(H,82,86)(H,87,113)(H,88,111)(H,89,105)(H,90,106)(H,91,108)(H,92,103)(H,93,104)(H,94,112)(H,95,110)(H,96,107)(H,97,109)(H4,78,79,83)(H4,80,81,84)/t40-,41-,42-,43-,49-,50-,51+,52-,53-,54-,55-,56-,57-,58-,59-,60-,61-/m0/s1. The lowest BCUT2D eigenvalue weighted by Crippen LogP contribution is -2.63. The van der Waals surface area contributed by atoms with Gasteiger partial charge < -0.3 is 115 Å². The van der Waals surface area contributed by atoms with Crippen molar-refractivity contribution >= 4 is 127 Å². The number of aromatic nitrogens is 3. The molecule has 2 aromatic carbocycles. The molecule has 14 amide bonds. The summed E-state index contributed by atoms with van der Waals surface area (Å²) in [5, 5.41) is 73.1. The number of carbonyl (C=O) groups excluding carboxylic acids is 14. The lowest BCUT2D eigenvalue weighted by atomic mass is 9.96. The van der Waals surface area contributed by atoms with Crippen molar-refractivity contribution in [3.63, 3.8) is 0 Å². The molecule has 39 nitrogen and oxygen atoms in total. The molecule has 0 unspecified atom stereocenters. The van der Waals surface area contributed by atoms with E-state index in [1.165, 1.54) is 36.3 Å². The molecule has 0 spiro atoms. The SMILES string of the molecule is CC[C@H](C)[C@@H]1NC(=O)[C@@H]2CCCN2C(=O)[C@@H]2CCCN2C(=O)[C@H]([C@@H](C)CC)NC(=O)[C@H](CO)NC(=O)[C@H](C)NC(=O)[C@H]([C@H](C)O)NC(=O)[C@@H]2CSSC[C@H](NC1=O)C(=O)N[C@@H](Cc1cnc[nH]1)C(=O)N[C@H](Cc1ccccc1)C(=O)N[C@@H](CCCNC(=N)N)C(=O)N(C)[C@@H](Cc1c[nH]c3ccccc13)C(=O)N[C@@H](CCCNC(=N)N)C(=O)N2. The van der Waals surface area contributed by atoms with Gasteiger partial charge in [-0.25, -0.2) is 4.98 Å². The van der Waals surface area contributed by atoms with Gasteiger partial charge in [-0.05, 0) is 94.2 Å². The first-order valence-electron chi connectivity index (χ1n) is 39.8. The molecule has 4 saturated heterocycles. The van der Waals surface area contributed by atoms with E-state index in [-0.39, 0.29) is 90.4 Å². The average molecular weight is 1680 g/mol. The van der Waals surface area contributed by atoms with Crippen molar-refractivity contribution in [2.45, 2.75) is 216 Å². The lowest BCUT2D eigenvalue weighted by Gasteiger charge is -2.35. The molecule has 8 rings (SSSR count). The Kier molecular flexibility index (Phi) is 34.8. The quantitative estimate of drug-likeness (QED) is 0.0177. The fraction of sp³-hybridized carbons (Fsp3) is 0.571. The highest BCUT2D eigenvalue weighted by Crippen LogP contribution is 2.30. The van der Waals surface area contributed by atoms with E-state index in [0.717, 1.165) is 33.4 Å². The Balaban J connectivity index is 1.27. The summed E-state index contributed by atoms with van der Waals surface area (Å²) in [5.74, 6) is -16.1. The molecule has 6 heterocycles. The third-order valence-corrected chi connectivity index (χ3v) is 24.1.